The Morgan fingerprint density at radius 3 is 2.33 bits per heavy atom. The first-order valence-corrected chi connectivity index (χ1v) is 6.26. The maximum absolute atomic E-state index is 9.35. The molecule has 0 heterocycles. The lowest BCUT2D eigenvalue weighted by Crippen LogP contribution is -2.34. The van der Waals surface area contributed by atoms with E-state index in [2.05, 4.69) is 33.0 Å². The number of aliphatic hydroxyl groups excluding tert-OH is 1. The lowest BCUT2D eigenvalue weighted by molar-refractivity contribution is 0.127. The largest absolute Gasteiger partial charge is 0.393 e. The Hall–Kier alpha value is -0.0800. The molecule has 0 aliphatic rings. The van der Waals surface area contributed by atoms with E-state index in [4.69, 9.17) is 0 Å². The minimum atomic E-state index is -0.199. The average molecular weight is 215 g/mol. The summed E-state index contributed by atoms with van der Waals surface area (Å²) >= 11 is 0. The van der Waals surface area contributed by atoms with E-state index in [9.17, 15) is 5.11 Å². The van der Waals surface area contributed by atoms with Crippen LogP contribution < -0.4 is 5.32 Å². The molecule has 0 amide bonds. The van der Waals surface area contributed by atoms with Gasteiger partial charge in [-0.2, -0.15) is 0 Å². The number of aliphatic hydroxyl groups is 1. The molecule has 0 fully saturated rings. The summed E-state index contributed by atoms with van der Waals surface area (Å²) in [6, 6.07) is 0. The van der Waals surface area contributed by atoms with Crippen LogP contribution in [0, 0.1) is 11.3 Å². The van der Waals surface area contributed by atoms with Crippen LogP contribution in [0.15, 0.2) is 0 Å². The van der Waals surface area contributed by atoms with E-state index in [0.29, 0.717) is 0 Å². The third kappa shape index (κ3) is 8.88. The first-order chi connectivity index (χ1) is 6.87. The molecule has 0 radical (unpaired) electrons. The summed E-state index contributed by atoms with van der Waals surface area (Å²) in [6.45, 7) is 12.9. The van der Waals surface area contributed by atoms with Crippen LogP contribution in [0.4, 0.5) is 0 Å². The minimum absolute atomic E-state index is 0.195. The van der Waals surface area contributed by atoms with Crippen LogP contribution in [0.5, 0.6) is 0 Å². The number of rotatable bonds is 8. The van der Waals surface area contributed by atoms with Gasteiger partial charge < -0.3 is 10.4 Å². The van der Waals surface area contributed by atoms with Gasteiger partial charge in [0.25, 0.3) is 0 Å². The van der Waals surface area contributed by atoms with Gasteiger partial charge in [-0.15, -0.1) is 0 Å². The Morgan fingerprint density at radius 2 is 1.87 bits per heavy atom. The highest BCUT2D eigenvalue weighted by molar-refractivity contribution is 4.74. The summed E-state index contributed by atoms with van der Waals surface area (Å²) in [4.78, 5) is 0. The highest BCUT2D eigenvalue weighted by atomic mass is 16.3. The van der Waals surface area contributed by atoms with E-state index in [-0.39, 0.29) is 11.5 Å². The molecule has 0 aliphatic carbocycles. The van der Waals surface area contributed by atoms with Gasteiger partial charge >= 0.3 is 0 Å². The van der Waals surface area contributed by atoms with Crippen LogP contribution in [-0.2, 0) is 0 Å². The maximum Gasteiger partial charge on any atom is 0.0517 e. The molecule has 2 N–H and O–H groups in total. The molecular weight excluding hydrogens is 186 g/mol. The van der Waals surface area contributed by atoms with Crippen molar-refractivity contribution in [3.63, 3.8) is 0 Å². The molecule has 0 spiro atoms. The molecule has 15 heavy (non-hydrogen) atoms. The fraction of sp³-hybridized carbons (Fsp3) is 1.00. The van der Waals surface area contributed by atoms with Gasteiger partial charge in [-0.05, 0) is 37.6 Å². The van der Waals surface area contributed by atoms with Crippen molar-refractivity contribution in [3.05, 3.63) is 0 Å². The predicted molar refractivity (Wildman–Crippen MR) is 67.0 cm³/mol. The molecule has 0 saturated carbocycles. The van der Waals surface area contributed by atoms with Crippen LogP contribution in [0.25, 0.3) is 0 Å². The van der Waals surface area contributed by atoms with Crippen molar-refractivity contribution in [2.24, 2.45) is 11.3 Å². The zero-order chi connectivity index (χ0) is 11.9. The van der Waals surface area contributed by atoms with Crippen molar-refractivity contribution < 1.29 is 5.11 Å². The Kier molecular flexibility index (Phi) is 7.20. The van der Waals surface area contributed by atoms with Crippen molar-refractivity contribution >= 4 is 0 Å². The molecule has 0 saturated heterocycles. The topological polar surface area (TPSA) is 32.3 Å². The Labute approximate surface area is 95.5 Å². The molecule has 2 unspecified atom stereocenters. The predicted octanol–water partition coefficient (Wildman–Crippen LogP) is 2.81. The molecule has 0 aromatic rings. The highest BCUT2D eigenvalue weighted by Crippen LogP contribution is 2.21. The number of nitrogens with one attached hydrogen (secondary N) is 1. The van der Waals surface area contributed by atoms with Gasteiger partial charge in [0.05, 0.1) is 6.10 Å². The monoisotopic (exact) mass is 215 g/mol. The summed E-state index contributed by atoms with van der Waals surface area (Å²) in [7, 11) is 0. The van der Waals surface area contributed by atoms with Crippen LogP contribution in [0.1, 0.15) is 53.9 Å². The number of hydrogen-bond acceptors (Lipinski definition) is 2. The average Bonchev–Trinajstić information content (AvgIpc) is 2.01. The van der Waals surface area contributed by atoms with Crippen molar-refractivity contribution in [2.45, 2.75) is 60.0 Å². The van der Waals surface area contributed by atoms with E-state index in [0.717, 1.165) is 25.4 Å². The summed E-state index contributed by atoms with van der Waals surface area (Å²) in [5, 5.41) is 12.9. The molecule has 0 aliphatic heterocycles. The standard InChI is InChI=1S/C13H29NO/c1-6-7-11(2)9-14-10-13(4,5)8-12(3)15/h11-12,14-15H,6-10H2,1-5H3. The lowest BCUT2D eigenvalue weighted by atomic mass is 9.87. The molecule has 0 aromatic heterocycles. The molecule has 2 heteroatoms. The first kappa shape index (κ1) is 14.9. The normalized spacial score (nSPS) is 16.4. The second-order valence-corrected chi connectivity index (χ2v) is 5.74. The Balaban J connectivity index is 3.65. The zero-order valence-electron chi connectivity index (χ0n) is 11.1. The Morgan fingerprint density at radius 1 is 1.27 bits per heavy atom. The van der Waals surface area contributed by atoms with Crippen LogP contribution in [-0.4, -0.2) is 24.3 Å². The Bertz CT molecular complexity index is 155. The van der Waals surface area contributed by atoms with E-state index < -0.39 is 0 Å². The van der Waals surface area contributed by atoms with E-state index in [1.807, 2.05) is 6.92 Å². The van der Waals surface area contributed by atoms with Crippen molar-refractivity contribution in [1.29, 1.82) is 0 Å². The smallest absolute Gasteiger partial charge is 0.0517 e. The van der Waals surface area contributed by atoms with Crippen molar-refractivity contribution in [1.82, 2.24) is 5.32 Å². The van der Waals surface area contributed by atoms with Gasteiger partial charge in [-0.1, -0.05) is 34.1 Å². The molecule has 0 aromatic carbocycles. The van der Waals surface area contributed by atoms with Crippen LogP contribution in [0.2, 0.25) is 0 Å². The highest BCUT2D eigenvalue weighted by Gasteiger charge is 2.19. The van der Waals surface area contributed by atoms with Gasteiger partial charge in [-0.25, -0.2) is 0 Å². The van der Waals surface area contributed by atoms with Crippen molar-refractivity contribution in [3.8, 4) is 0 Å². The van der Waals surface area contributed by atoms with Crippen molar-refractivity contribution in [2.75, 3.05) is 13.1 Å². The first-order valence-electron chi connectivity index (χ1n) is 6.26. The quantitative estimate of drug-likeness (QED) is 0.652. The molecule has 0 rings (SSSR count). The van der Waals surface area contributed by atoms with E-state index in [1.54, 1.807) is 0 Å². The van der Waals surface area contributed by atoms with Gasteiger partial charge in [0.2, 0.25) is 0 Å². The second kappa shape index (κ2) is 7.24. The van der Waals surface area contributed by atoms with Gasteiger partial charge in [0.1, 0.15) is 0 Å². The fourth-order valence-corrected chi connectivity index (χ4v) is 2.12. The summed E-state index contributed by atoms with van der Waals surface area (Å²) < 4.78 is 0. The van der Waals surface area contributed by atoms with Gasteiger partial charge in [0, 0.05) is 6.54 Å². The zero-order valence-corrected chi connectivity index (χ0v) is 11.1. The lowest BCUT2D eigenvalue weighted by Gasteiger charge is -2.27. The number of hydrogen-bond donors (Lipinski definition) is 2. The third-order valence-electron chi connectivity index (χ3n) is 2.73. The van der Waals surface area contributed by atoms with Gasteiger partial charge in [0.15, 0.2) is 0 Å². The van der Waals surface area contributed by atoms with Crippen LogP contribution >= 0.6 is 0 Å². The SMILES string of the molecule is CCCC(C)CNCC(C)(C)CC(C)O. The molecule has 92 valence electrons. The molecule has 0 bridgehead atoms. The maximum atomic E-state index is 9.35. The third-order valence-corrected chi connectivity index (χ3v) is 2.73. The second-order valence-electron chi connectivity index (χ2n) is 5.74. The summed E-state index contributed by atoms with van der Waals surface area (Å²) in [5.74, 6) is 0.761. The van der Waals surface area contributed by atoms with Gasteiger partial charge in [-0.3, -0.25) is 0 Å². The van der Waals surface area contributed by atoms with E-state index in [1.165, 1.54) is 12.8 Å². The molecular formula is C13H29NO. The minimum Gasteiger partial charge on any atom is -0.393 e. The summed E-state index contributed by atoms with van der Waals surface area (Å²) in [5.41, 5.74) is 0.195. The summed E-state index contributed by atoms with van der Waals surface area (Å²) in [6.07, 6.45) is 3.22. The van der Waals surface area contributed by atoms with Crippen LogP contribution in [0.3, 0.4) is 0 Å². The fourth-order valence-electron chi connectivity index (χ4n) is 2.12. The molecule has 2 nitrogen and oxygen atoms in total. The van der Waals surface area contributed by atoms with E-state index >= 15 is 0 Å². The molecule has 2 atom stereocenters.